The van der Waals surface area contributed by atoms with E-state index in [1.807, 2.05) is 35.2 Å². The van der Waals surface area contributed by atoms with E-state index < -0.39 is 6.04 Å². The molecule has 0 aliphatic rings. The van der Waals surface area contributed by atoms with E-state index in [1.54, 1.807) is 0 Å². The minimum Gasteiger partial charge on any atom is -0.341 e. The normalized spacial score (nSPS) is 12.2. The zero-order chi connectivity index (χ0) is 13.4. The molecule has 0 aromatic heterocycles. The van der Waals surface area contributed by atoms with Crippen molar-refractivity contribution < 1.29 is 4.79 Å². The molecule has 0 fully saturated rings. The standard InChI is InChI=1S/C15H24N2O/c1-3-10-17(11-4-2)15(18)14(16)12-13-8-6-5-7-9-13/h5-9,14H,3-4,10-12,16H2,1-2H3/t14-/m1/s1. The van der Waals surface area contributed by atoms with Crippen molar-refractivity contribution in [2.24, 2.45) is 5.73 Å². The Bertz CT molecular complexity index is 345. The number of amides is 1. The average Bonchev–Trinajstić information content (AvgIpc) is 2.39. The summed E-state index contributed by atoms with van der Waals surface area (Å²) < 4.78 is 0. The van der Waals surface area contributed by atoms with Crippen molar-refractivity contribution in [2.45, 2.75) is 39.2 Å². The Labute approximate surface area is 110 Å². The molecular weight excluding hydrogens is 224 g/mol. The SMILES string of the molecule is CCCN(CCC)C(=O)[C@H](N)Cc1ccccc1. The van der Waals surface area contributed by atoms with Crippen LogP contribution in [-0.4, -0.2) is 29.9 Å². The Morgan fingerprint density at radius 2 is 1.72 bits per heavy atom. The number of nitrogens with two attached hydrogens (primary N) is 1. The molecule has 100 valence electrons. The van der Waals surface area contributed by atoms with Gasteiger partial charge in [-0.3, -0.25) is 4.79 Å². The van der Waals surface area contributed by atoms with Crippen molar-refractivity contribution in [2.75, 3.05) is 13.1 Å². The molecule has 0 aliphatic heterocycles. The van der Waals surface area contributed by atoms with Crippen LogP contribution in [0, 0.1) is 0 Å². The van der Waals surface area contributed by atoms with E-state index >= 15 is 0 Å². The van der Waals surface area contributed by atoms with Crippen LogP contribution in [-0.2, 0) is 11.2 Å². The molecule has 0 radical (unpaired) electrons. The van der Waals surface area contributed by atoms with Gasteiger partial charge in [0, 0.05) is 13.1 Å². The van der Waals surface area contributed by atoms with Crippen molar-refractivity contribution in [1.29, 1.82) is 0 Å². The van der Waals surface area contributed by atoms with Crippen LogP contribution in [0.25, 0.3) is 0 Å². The fraction of sp³-hybridized carbons (Fsp3) is 0.533. The molecule has 0 saturated carbocycles. The molecule has 1 amide bonds. The minimum absolute atomic E-state index is 0.0718. The van der Waals surface area contributed by atoms with E-state index in [0.29, 0.717) is 6.42 Å². The van der Waals surface area contributed by atoms with Gasteiger partial charge in [0.1, 0.15) is 0 Å². The van der Waals surface area contributed by atoms with Gasteiger partial charge >= 0.3 is 0 Å². The van der Waals surface area contributed by atoms with E-state index in [1.165, 1.54) is 0 Å². The van der Waals surface area contributed by atoms with Gasteiger partial charge in [-0.1, -0.05) is 44.2 Å². The molecule has 0 saturated heterocycles. The van der Waals surface area contributed by atoms with Crippen molar-refractivity contribution in [3.63, 3.8) is 0 Å². The quantitative estimate of drug-likeness (QED) is 0.804. The highest BCUT2D eigenvalue weighted by Crippen LogP contribution is 2.05. The van der Waals surface area contributed by atoms with Gasteiger partial charge in [0.15, 0.2) is 0 Å². The minimum atomic E-state index is -0.425. The van der Waals surface area contributed by atoms with Gasteiger partial charge in [-0.25, -0.2) is 0 Å². The summed E-state index contributed by atoms with van der Waals surface area (Å²) in [6, 6.07) is 9.52. The van der Waals surface area contributed by atoms with Crippen LogP contribution in [0.5, 0.6) is 0 Å². The number of benzene rings is 1. The first-order valence-electron chi connectivity index (χ1n) is 6.77. The second-order valence-electron chi connectivity index (χ2n) is 4.62. The molecular formula is C15H24N2O. The van der Waals surface area contributed by atoms with E-state index in [9.17, 15) is 4.79 Å². The maximum absolute atomic E-state index is 12.2. The van der Waals surface area contributed by atoms with Crippen LogP contribution in [0.1, 0.15) is 32.3 Å². The number of nitrogens with zero attached hydrogens (tertiary/aromatic N) is 1. The Hall–Kier alpha value is -1.35. The molecule has 1 rings (SSSR count). The highest BCUT2D eigenvalue weighted by atomic mass is 16.2. The second kappa shape index (κ2) is 7.88. The molecule has 2 N–H and O–H groups in total. The fourth-order valence-electron chi connectivity index (χ4n) is 2.06. The number of carbonyl (C=O) groups is 1. The topological polar surface area (TPSA) is 46.3 Å². The van der Waals surface area contributed by atoms with E-state index in [0.717, 1.165) is 31.5 Å². The van der Waals surface area contributed by atoms with Gasteiger partial charge in [0.2, 0.25) is 5.91 Å². The predicted octanol–water partition coefficient (Wildman–Crippen LogP) is 2.21. The summed E-state index contributed by atoms with van der Waals surface area (Å²) in [5.41, 5.74) is 7.14. The van der Waals surface area contributed by atoms with Gasteiger partial charge < -0.3 is 10.6 Å². The van der Waals surface area contributed by atoms with Gasteiger partial charge in [0.05, 0.1) is 6.04 Å². The van der Waals surface area contributed by atoms with Crippen LogP contribution in [0.15, 0.2) is 30.3 Å². The molecule has 0 aliphatic carbocycles. The summed E-state index contributed by atoms with van der Waals surface area (Å²) in [5, 5.41) is 0. The van der Waals surface area contributed by atoms with Crippen LogP contribution < -0.4 is 5.73 Å². The predicted molar refractivity (Wildman–Crippen MR) is 75.3 cm³/mol. The molecule has 1 aromatic rings. The Morgan fingerprint density at radius 1 is 1.17 bits per heavy atom. The summed E-state index contributed by atoms with van der Waals surface area (Å²) in [5.74, 6) is 0.0718. The third-order valence-corrected chi connectivity index (χ3v) is 2.91. The molecule has 3 heteroatoms. The van der Waals surface area contributed by atoms with E-state index in [4.69, 9.17) is 5.73 Å². The first kappa shape index (κ1) is 14.7. The lowest BCUT2D eigenvalue weighted by Gasteiger charge is -2.25. The zero-order valence-corrected chi connectivity index (χ0v) is 11.4. The molecule has 1 atom stereocenters. The van der Waals surface area contributed by atoms with E-state index in [-0.39, 0.29) is 5.91 Å². The number of carbonyl (C=O) groups excluding carboxylic acids is 1. The van der Waals surface area contributed by atoms with Crippen molar-refractivity contribution in [3.05, 3.63) is 35.9 Å². The smallest absolute Gasteiger partial charge is 0.239 e. The highest BCUT2D eigenvalue weighted by molar-refractivity contribution is 5.82. The molecule has 0 bridgehead atoms. The lowest BCUT2D eigenvalue weighted by molar-refractivity contribution is -0.132. The largest absolute Gasteiger partial charge is 0.341 e. The van der Waals surface area contributed by atoms with Crippen LogP contribution in [0.2, 0.25) is 0 Å². The number of hydrogen-bond donors (Lipinski definition) is 1. The average molecular weight is 248 g/mol. The monoisotopic (exact) mass is 248 g/mol. The van der Waals surface area contributed by atoms with Crippen LogP contribution in [0.4, 0.5) is 0 Å². The Kier molecular flexibility index (Phi) is 6.44. The summed E-state index contributed by atoms with van der Waals surface area (Å²) in [6.07, 6.45) is 2.57. The first-order valence-corrected chi connectivity index (χ1v) is 6.77. The third kappa shape index (κ3) is 4.49. The third-order valence-electron chi connectivity index (χ3n) is 2.91. The maximum atomic E-state index is 12.2. The zero-order valence-electron chi connectivity index (χ0n) is 11.4. The molecule has 0 heterocycles. The van der Waals surface area contributed by atoms with Crippen molar-refractivity contribution in [1.82, 2.24) is 4.90 Å². The Morgan fingerprint density at radius 3 is 2.22 bits per heavy atom. The van der Waals surface area contributed by atoms with Crippen LogP contribution >= 0.6 is 0 Å². The fourth-order valence-corrected chi connectivity index (χ4v) is 2.06. The lowest BCUT2D eigenvalue weighted by Crippen LogP contribution is -2.45. The maximum Gasteiger partial charge on any atom is 0.239 e. The van der Waals surface area contributed by atoms with Crippen LogP contribution in [0.3, 0.4) is 0 Å². The summed E-state index contributed by atoms with van der Waals surface area (Å²) >= 11 is 0. The number of rotatable bonds is 7. The van der Waals surface area contributed by atoms with Gasteiger partial charge in [-0.2, -0.15) is 0 Å². The van der Waals surface area contributed by atoms with Gasteiger partial charge in [-0.05, 0) is 24.8 Å². The summed E-state index contributed by atoms with van der Waals surface area (Å²) in [4.78, 5) is 14.1. The van der Waals surface area contributed by atoms with Crippen molar-refractivity contribution in [3.8, 4) is 0 Å². The van der Waals surface area contributed by atoms with E-state index in [2.05, 4.69) is 13.8 Å². The highest BCUT2D eigenvalue weighted by Gasteiger charge is 2.19. The molecule has 18 heavy (non-hydrogen) atoms. The molecule has 0 unspecified atom stereocenters. The van der Waals surface area contributed by atoms with Gasteiger partial charge in [-0.15, -0.1) is 0 Å². The molecule has 0 spiro atoms. The molecule has 3 nitrogen and oxygen atoms in total. The Balaban J connectivity index is 2.58. The van der Waals surface area contributed by atoms with Gasteiger partial charge in [0.25, 0.3) is 0 Å². The second-order valence-corrected chi connectivity index (χ2v) is 4.62. The first-order chi connectivity index (χ1) is 8.69. The summed E-state index contributed by atoms with van der Waals surface area (Å²) in [7, 11) is 0. The number of hydrogen-bond acceptors (Lipinski definition) is 2. The van der Waals surface area contributed by atoms with Crippen molar-refractivity contribution >= 4 is 5.91 Å². The molecule has 1 aromatic carbocycles. The summed E-state index contributed by atoms with van der Waals surface area (Å²) in [6.45, 7) is 5.77. The lowest BCUT2D eigenvalue weighted by atomic mass is 10.1.